The van der Waals surface area contributed by atoms with Gasteiger partial charge in [-0.1, -0.05) is 41.9 Å². The minimum Gasteiger partial charge on any atom is -0.497 e. The minimum atomic E-state index is -4.05. The number of hydrazone groups is 1. The fourth-order valence-electron chi connectivity index (χ4n) is 3.72. The number of benzene rings is 3. The highest BCUT2D eigenvalue weighted by Gasteiger charge is 2.33. The number of carbonyl (C=O) groups excluding carboxylic acids is 1. The second-order valence-corrected chi connectivity index (χ2v) is 10.0. The van der Waals surface area contributed by atoms with Crippen molar-refractivity contribution >= 4 is 39.2 Å². The summed E-state index contributed by atoms with van der Waals surface area (Å²) >= 11 is 5.90. The van der Waals surface area contributed by atoms with Crippen LogP contribution in [0, 0.1) is 0 Å². The van der Waals surface area contributed by atoms with E-state index in [4.69, 9.17) is 27.2 Å². The number of amides is 1. The van der Waals surface area contributed by atoms with Gasteiger partial charge >= 0.3 is 0 Å². The summed E-state index contributed by atoms with van der Waals surface area (Å²) in [6.45, 7) is -0.134. The number of ether oxygens (including phenoxy) is 1. The lowest BCUT2D eigenvalue weighted by Crippen LogP contribution is -2.42. The summed E-state index contributed by atoms with van der Waals surface area (Å²) in [7, 11) is -2.47. The third-order valence-electron chi connectivity index (χ3n) is 5.48. The highest BCUT2D eigenvalue weighted by molar-refractivity contribution is 7.90. The van der Waals surface area contributed by atoms with Crippen LogP contribution < -0.4 is 15.2 Å². The Kier molecular flexibility index (Phi) is 7.56. The van der Waals surface area contributed by atoms with Gasteiger partial charge in [0.2, 0.25) is 11.9 Å². The van der Waals surface area contributed by atoms with Gasteiger partial charge in [-0.2, -0.15) is 5.10 Å². The quantitative estimate of drug-likeness (QED) is 0.362. The van der Waals surface area contributed by atoms with E-state index in [2.05, 4.69) is 9.71 Å². The van der Waals surface area contributed by atoms with E-state index < -0.39 is 22.5 Å². The molecule has 1 aliphatic rings. The van der Waals surface area contributed by atoms with Crippen molar-refractivity contribution in [3.05, 3.63) is 95.0 Å². The Hall–Kier alpha value is -3.89. The molecule has 0 fully saturated rings. The average Bonchev–Trinajstić information content (AvgIpc) is 3.33. The molecule has 1 unspecified atom stereocenters. The van der Waals surface area contributed by atoms with Crippen LogP contribution in [0.4, 0.5) is 0 Å². The summed E-state index contributed by atoms with van der Waals surface area (Å²) in [5.41, 5.74) is 7.83. The molecule has 4 rings (SSSR count). The predicted octanol–water partition coefficient (Wildman–Crippen LogP) is 2.97. The van der Waals surface area contributed by atoms with Crippen molar-refractivity contribution in [3.63, 3.8) is 0 Å². The summed E-state index contributed by atoms with van der Waals surface area (Å²) in [6, 6.07) is 22.8. The zero-order valence-corrected chi connectivity index (χ0v) is 20.9. The maximum atomic E-state index is 13.1. The predicted molar refractivity (Wildman–Crippen MR) is 139 cm³/mol. The van der Waals surface area contributed by atoms with Crippen LogP contribution in [-0.2, 0) is 14.8 Å². The van der Waals surface area contributed by atoms with E-state index in [1.54, 1.807) is 7.11 Å². The van der Waals surface area contributed by atoms with Crippen LogP contribution in [0.3, 0.4) is 0 Å². The van der Waals surface area contributed by atoms with Gasteiger partial charge in [-0.25, -0.2) is 23.1 Å². The van der Waals surface area contributed by atoms with Gasteiger partial charge in [-0.05, 0) is 59.7 Å². The second-order valence-electron chi connectivity index (χ2n) is 7.92. The van der Waals surface area contributed by atoms with Crippen LogP contribution in [0.2, 0.25) is 5.02 Å². The maximum absolute atomic E-state index is 13.1. The first-order valence-corrected chi connectivity index (χ1v) is 12.8. The van der Waals surface area contributed by atoms with Gasteiger partial charge in [0, 0.05) is 10.9 Å². The highest BCUT2D eigenvalue weighted by atomic mass is 35.5. The van der Waals surface area contributed by atoms with Gasteiger partial charge in [0.25, 0.3) is 10.0 Å². The summed E-state index contributed by atoms with van der Waals surface area (Å²) in [4.78, 5) is 15.6. The van der Waals surface area contributed by atoms with E-state index >= 15 is 0 Å². The number of guanidine groups is 1. The highest BCUT2D eigenvalue weighted by Crippen LogP contribution is 2.30. The molecule has 36 heavy (non-hydrogen) atoms. The van der Waals surface area contributed by atoms with Crippen molar-refractivity contribution in [1.82, 2.24) is 9.73 Å². The Morgan fingerprint density at radius 1 is 1.11 bits per heavy atom. The Morgan fingerprint density at radius 3 is 2.39 bits per heavy atom. The first-order valence-electron chi connectivity index (χ1n) is 10.9. The lowest BCUT2D eigenvalue weighted by molar-refractivity contribution is -0.116. The molecule has 3 aromatic rings. The molecule has 0 bridgehead atoms. The molecule has 186 valence electrons. The Balaban J connectivity index is 1.73. The van der Waals surface area contributed by atoms with Gasteiger partial charge in [-0.3, -0.25) is 4.79 Å². The lowest BCUT2D eigenvalue weighted by atomic mass is 9.90. The van der Waals surface area contributed by atoms with Crippen molar-refractivity contribution in [1.29, 1.82) is 0 Å². The number of nitrogens with zero attached hydrogens (tertiary/aromatic N) is 3. The molecule has 0 aromatic heterocycles. The molecule has 1 heterocycles. The first-order chi connectivity index (χ1) is 17.3. The third-order valence-corrected chi connectivity index (χ3v) is 7.08. The molecule has 1 amide bonds. The van der Waals surface area contributed by atoms with E-state index in [1.165, 1.54) is 29.3 Å². The number of halogens is 1. The van der Waals surface area contributed by atoms with Gasteiger partial charge < -0.3 is 10.5 Å². The van der Waals surface area contributed by atoms with Crippen LogP contribution >= 0.6 is 11.6 Å². The topological polar surface area (TPSA) is 126 Å². The number of primary amides is 1. The number of nitrogens with two attached hydrogens (primary N) is 1. The molecule has 0 spiro atoms. The molecule has 0 radical (unpaired) electrons. The van der Waals surface area contributed by atoms with Crippen LogP contribution in [0.1, 0.15) is 17.0 Å². The summed E-state index contributed by atoms with van der Waals surface area (Å²) in [5.74, 6) is -0.326. The van der Waals surface area contributed by atoms with Crippen LogP contribution in [-0.4, -0.2) is 51.2 Å². The number of hydrogen-bond acceptors (Lipinski definition) is 6. The number of rotatable bonds is 7. The van der Waals surface area contributed by atoms with Gasteiger partial charge in [0.05, 0.1) is 24.3 Å². The molecule has 1 aliphatic heterocycles. The largest absolute Gasteiger partial charge is 0.497 e. The number of nitrogens with one attached hydrogen (secondary N) is 1. The monoisotopic (exact) mass is 525 g/mol. The Labute approximate surface area is 214 Å². The van der Waals surface area contributed by atoms with E-state index in [9.17, 15) is 13.2 Å². The van der Waals surface area contributed by atoms with E-state index in [0.717, 1.165) is 11.1 Å². The first kappa shape index (κ1) is 25.2. The zero-order valence-electron chi connectivity index (χ0n) is 19.3. The van der Waals surface area contributed by atoms with Gasteiger partial charge in [0.15, 0.2) is 0 Å². The fourth-order valence-corrected chi connectivity index (χ4v) is 4.86. The number of carbonyl (C=O) groups is 1. The standard InChI is InChI=1S/C25H24ClN5O4S/c1-35-20-11-7-18(8-12-20)24-22(17-5-3-2-4-6-17)16-31(29-24)25(28-15-23(27)32)30-36(33,34)21-13-9-19(26)10-14-21/h2-14,22H,15-16H2,1H3,(H2,27,32)(H,28,30). The maximum Gasteiger partial charge on any atom is 0.264 e. The Morgan fingerprint density at radius 2 is 1.78 bits per heavy atom. The molecule has 0 saturated heterocycles. The van der Waals surface area contributed by atoms with Crippen LogP contribution in [0.5, 0.6) is 5.75 Å². The third kappa shape index (κ3) is 5.84. The normalized spacial score (nSPS) is 15.9. The zero-order chi connectivity index (χ0) is 25.7. The van der Waals surface area contributed by atoms with E-state index in [0.29, 0.717) is 16.5 Å². The van der Waals surface area contributed by atoms with Crippen molar-refractivity contribution in [3.8, 4) is 5.75 Å². The molecule has 1 atom stereocenters. The molecule has 11 heteroatoms. The van der Waals surface area contributed by atoms with Gasteiger partial charge in [0.1, 0.15) is 12.3 Å². The summed E-state index contributed by atoms with van der Waals surface area (Å²) < 4.78 is 33.9. The number of hydrogen-bond donors (Lipinski definition) is 2. The molecule has 3 N–H and O–H groups in total. The van der Waals surface area contributed by atoms with Crippen LogP contribution in [0.25, 0.3) is 0 Å². The molecular weight excluding hydrogens is 502 g/mol. The molecule has 0 aliphatic carbocycles. The van der Waals surface area contributed by atoms with Crippen molar-refractivity contribution in [2.45, 2.75) is 10.8 Å². The number of sulfonamides is 1. The molecule has 9 nitrogen and oxygen atoms in total. The SMILES string of the molecule is COc1ccc(C2=NN(C(=NCC(N)=O)NS(=O)(=O)c3ccc(Cl)cc3)CC2c2ccccc2)cc1. The number of aliphatic imine (C=N–C) groups is 1. The Bertz CT molecular complexity index is 1390. The smallest absolute Gasteiger partial charge is 0.264 e. The van der Waals surface area contributed by atoms with Crippen LogP contribution in [0.15, 0.2) is 93.9 Å². The molecular formula is C25H24ClN5O4S. The number of methoxy groups -OCH3 is 1. The van der Waals surface area contributed by atoms with Crippen molar-refractivity contribution in [2.24, 2.45) is 15.8 Å². The lowest BCUT2D eigenvalue weighted by Gasteiger charge is -2.19. The van der Waals surface area contributed by atoms with Crippen molar-refractivity contribution in [2.75, 3.05) is 20.2 Å². The van der Waals surface area contributed by atoms with Crippen molar-refractivity contribution < 1.29 is 17.9 Å². The minimum absolute atomic E-state index is 0.0168. The van der Waals surface area contributed by atoms with E-state index in [-0.39, 0.29) is 23.3 Å². The average molecular weight is 526 g/mol. The molecule has 3 aromatic carbocycles. The summed E-state index contributed by atoms with van der Waals surface area (Å²) in [6.07, 6.45) is 0. The van der Waals surface area contributed by atoms with Gasteiger partial charge in [-0.15, -0.1) is 0 Å². The summed E-state index contributed by atoms with van der Waals surface area (Å²) in [5, 5.41) is 6.56. The van der Waals surface area contributed by atoms with E-state index in [1.807, 2.05) is 54.6 Å². The second kappa shape index (κ2) is 10.8. The molecule has 0 saturated carbocycles. The fraction of sp³-hybridized carbons (Fsp3) is 0.160.